The van der Waals surface area contributed by atoms with Gasteiger partial charge < -0.3 is 15.0 Å². The summed E-state index contributed by atoms with van der Waals surface area (Å²) in [6.07, 6.45) is 5.21. The summed E-state index contributed by atoms with van der Waals surface area (Å²) in [7, 11) is 1.57. The maximum atomic E-state index is 12.5. The minimum Gasteiger partial charge on any atom is -0.495 e. The summed E-state index contributed by atoms with van der Waals surface area (Å²) in [6.45, 7) is 0.662. The van der Waals surface area contributed by atoms with Crippen molar-refractivity contribution >= 4 is 23.2 Å². The molecule has 0 atom stereocenters. The highest BCUT2D eigenvalue weighted by Gasteiger charge is 2.24. The number of hydrogen-bond donors (Lipinski definition) is 1. The molecule has 2 heterocycles. The van der Waals surface area contributed by atoms with Crippen molar-refractivity contribution in [3.63, 3.8) is 0 Å². The first-order valence-electron chi connectivity index (χ1n) is 9.51. The average Bonchev–Trinajstić information content (AvgIpc) is 3.40. The number of rotatable bonds is 6. The van der Waals surface area contributed by atoms with Gasteiger partial charge in [-0.25, -0.2) is 4.68 Å². The van der Waals surface area contributed by atoms with Crippen molar-refractivity contribution in [3.05, 3.63) is 66.5 Å². The van der Waals surface area contributed by atoms with Crippen LogP contribution in [0.4, 0.5) is 11.4 Å². The molecule has 7 heteroatoms. The Kier molecular flexibility index (Phi) is 5.29. The van der Waals surface area contributed by atoms with Crippen LogP contribution in [-0.4, -0.2) is 35.2 Å². The van der Waals surface area contributed by atoms with E-state index >= 15 is 0 Å². The SMILES string of the molecule is COc1ccc(NC(=O)Cc2ccc(-n3cccn3)cc2)cc1N1CCCC1=O. The Hall–Kier alpha value is -3.61. The van der Waals surface area contributed by atoms with Crippen LogP contribution in [0.15, 0.2) is 60.9 Å². The van der Waals surface area contributed by atoms with Gasteiger partial charge in [0.15, 0.2) is 0 Å². The lowest BCUT2D eigenvalue weighted by molar-refractivity contribution is -0.117. The Morgan fingerprint density at radius 1 is 1.21 bits per heavy atom. The molecule has 0 spiro atoms. The number of anilines is 2. The number of ether oxygens (including phenoxy) is 1. The number of carbonyl (C=O) groups is 2. The normalized spacial score (nSPS) is 13.6. The number of carbonyl (C=O) groups excluding carboxylic acids is 2. The smallest absolute Gasteiger partial charge is 0.228 e. The van der Waals surface area contributed by atoms with Gasteiger partial charge in [-0.2, -0.15) is 5.10 Å². The molecule has 0 bridgehead atoms. The third-order valence-corrected chi connectivity index (χ3v) is 4.90. The van der Waals surface area contributed by atoms with Gasteiger partial charge in [0.05, 0.1) is 24.9 Å². The van der Waals surface area contributed by atoms with Crippen LogP contribution in [0.3, 0.4) is 0 Å². The zero-order valence-corrected chi connectivity index (χ0v) is 16.2. The average molecular weight is 390 g/mol. The van der Waals surface area contributed by atoms with Gasteiger partial charge in [-0.3, -0.25) is 9.59 Å². The highest BCUT2D eigenvalue weighted by atomic mass is 16.5. The molecule has 3 aromatic rings. The zero-order valence-electron chi connectivity index (χ0n) is 16.2. The molecule has 4 rings (SSSR count). The van der Waals surface area contributed by atoms with Crippen molar-refractivity contribution < 1.29 is 14.3 Å². The molecule has 2 aromatic carbocycles. The molecule has 7 nitrogen and oxygen atoms in total. The fourth-order valence-corrected chi connectivity index (χ4v) is 3.46. The molecule has 1 saturated heterocycles. The Morgan fingerprint density at radius 3 is 2.69 bits per heavy atom. The number of aromatic nitrogens is 2. The second-order valence-electron chi connectivity index (χ2n) is 6.88. The summed E-state index contributed by atoms with van der Waals surface area (Å²) < 4.78 is 7.16. The maximum Gasteiger partial charge on any atom is 0.228 e. The van der Waals surface area contributed by atoms with Crippen molar-refractivity contribution in [2.45, 2.75) is 19.3 Å². The predicted molar refractivity (Wildman–Crippen MR) is 110 cm³/mol. The molecule has 1 aliphatic heterocycles. The van der Waals surface area contributed by atoms with E-state index in [0.29, 0.717) is 30.1 Å². The largest absolute Gasteiger partial charge is 0.495 e. The van der Waals surface area contributed by atoms with Crippen LogP contribution < -0.4 is 15.0 Å². The van der Waals surface area contributed by atoms with Gasteiger partial charge in [0.1, 0.15) is 5.75 Å². The van der Waals surface area contributed by atoms with Gasteiger partial charge in [0.2, 0.25) is 11.8 Å². The monoisotopic (exact) mass is 390 g/mol. The summed E-state index contributed by atoms with van der Waals surface area (Å²) in [5, 5.41) is 7.10. The van der Waals surface area contributed by atoms with E-state index in [4.69, 9.17) is 4.74 Å². The number of hydrogen-bond acceptors (Lipinski definition) is 4. The van der Waals surface area contributed by atoms with Gasteiger partial charge >= 0.3 is 0 Å². The Balaban J connectivity index is 1.45. The van der Waals surface area contributed by atoms with E-state index in [1.807, 2.05) is 36.5 Å². The second kappa shape index (κ2) is 8.18. The van der Waals surface area contributed by atoms with E-state index in [9.17, 15) is 9.59 Å². The van der Waals surface area contributed by atoms with Crippen LogP contribution in [0.5, 0.6) is 5.75 Å². The summed E-state index contributed by atoms with van der Waals surface area (Å²) >= 11 is 0. The first-order chi connectivity index (χ1) is 14.1. The number of nitrogens with zero attached hydrogens (tertiary/aromatic N) is 3. The molecule has 1 N–H and O–H groups in total. The first-order valence-corrected chi connectivity index (χ1v) is 9.51. The second-order valence-corrected chi connectivity index (χ2v) is 6.88. The van der Waals surface area contributed by atoms with Crippen LogP contribution >= 0.6 is 0 Å². The Bertz CT molecular complexity index is 1010. The molecule has 0 saturated carbocycles. The van der Waals surface area contributed by atoms with Crippen molar-refractivity contribution in [1.29, 1.82) is 0 Å². The minimum atomic E-state index is -0.124. The van der Waals surface area contributed by atoms with E-state index in [1.54, 1.807) is 41.1 Å². The van der Waals surface area contributed by atoms with Crippen molar-refractivity contribution in [1.82, 2.24) is 9.78 Å². The molecular weight excluding hydrogens is 368 g/mol. The number of nitrogens with one attached hydrogen (secondary N) is 1. The van der Waals surface area contributed by atoms with E-state index in [2.05, 4.69) is 10.4 Å². The maximum absolute atomic E-state index is 12.5. The Morgan fingerprint density at radius 2 is 2.03 bits per heavy atom. The standard InChI is InChI=1S/C22H22N4O3/c1-29-20-10-7-17(15-19(20)25-12-2-4-22(25)28)24-21(27)14-16-5-8-18(9-6-16)26-13-3-11-23-26/h3,5-11,13,15H,2,4,12,14H2,1H3,(H,24,27). The lowest BCUT2D eigenvalue weighted by Gasteiger charge is -2.20. The van der Waals surface area contributed by atoms with Crippen LogP contribution in [0.1, 0.15) is 18.4 Å². The zero-order chi connectivity index (χ0) is 20.2. The molecule has 148 valence electrons. The molecule has 29 heavy (non-hydrogen) atoms. The van der Waals surface area contributed by atoms with Crippen LogP contribution in [0.2, 0.25) is 0 Å². The number of benzene rings is 2. The van der Waals surface area contributed by atoms with Gasteiger partial charge in [-0.15, -0.1) is 0 Å². The lowest BCUT2D eigenvalue weighted by Crippen LogP contribution is -2.24. The highest BCUT2D eigenvalue weighted by Crippen LogP contribution is 2.34. The first kappa shape index (κ1) is 18.7. The number of methoxy groups -OCH3 is 1. The quantitative estimate of drug-likeness (QED) is 0.701. The number of amides is 2. The van der Waals surface area contributed by atoms with Crippen LogP contribution in [0.25, 0.3) is 5.69 Å². The summed E-state index contributed by atoms with van der Waals surface area (Å²) in [5.41, 5.74) is 3.17. The van der Waals surface area contributed by atoms with Gasteiger partial charge in [-0.05, 0) is 48.4 Å². The molecule has 0 unspecified atom stereocenters. The summed E-state index contributed by atoms with van der Waals surface area (Å²) in [5.74, 6) is 0.567. The van der Waals surface area contributed by atoms with E-state index in [0.717, 1.165) is 17.7 Å². The van der Waals surface area contributed by atoms with Crippen molar-refractivity contribution in [2.24, 2.45) is 0 Å². The van der Waals surface area contributed by atoms with Gasteiger partial charge in [-0.1, -0.05) is 12.1 Å². The fraction of sp³-hybridized carbons (Fsp3) is 0.227. The molecule has 1 fully saturated rings. The third-order valence-electron chi connectivity index (χ3n) is 4.90. The van der Waals surface area contributed by atoms with Gasteiger partial charge in [0.25, 0.3) is 0 Å². The molecule has 0 aliphatic carbocycles. The van der Waals surface area contributed by atoms with Crippen molar-refractivity contribution in [3.8, 4) is 11.4 Å². The topological polar surface area (TPSA) is 76.5 Å². The fourth-order valence-electron chi connectivity index (χ4n) is 3.46. The van der Waals surface area contributed by atoms with E-state index in [1.165, 1.54) is 0 Å². The highest BCUT2D eigenvalue weighted by molar-refractivity contribution is 5.98. The molecule has 0 radical (unpaired) electrons. The van der Waals surface area contributed by atoms with E-state index in [-0.39, 0.29) is 18.2 Å². The van der Waals surface area contributed by atoms with Crippen LogP contribution in [-0.2, 0) is 16.0 Å². The molecule has 2 amide bonds. The molecular formula is C22H22N4O3. The lowest BCUT2D eigenvalue weighted by atomic mass is 10.1. The molecule has 1 aliphatic rings. The third kappa shape index (κ3) is 4.13. The van der Waals surface area contributed by atoms with Crippen LogP contribution in [0, 0.1) is 0 Å². The molecule has 1 aromatic heterocycles. The predicted octanol–water partition coefficient (Wildman–Crippen LogP) is 3.19. The summed E-state index contributed by atoms with van der Waals surface area (Å²) in [4.78, 5) is 26.3. The van der Waals surface area contributed by atoms with Crippen molar-refractivity contribution in [2.75, 3.05) is 23.9 Å². The Labute approximate surface area is 168 Å². The minimum absolute atomic E-state index is 0.0732. The summed E-state index contributed by atoms with van der Waals surface area (Å²) in [6, 6.07) is 14.9. The van der Waals surface area contributed by atoms with E-state index < -0.39 is 0 Å². The van der Waals surface area contributed by atoms with Gasteiger partial charge in [0, 0.05) is 31.0 Å².